The molecule has 19 heavy (non-hydrogen) atoms. The molecule has 1 aromatic rings. The molecule has 0 bridgehead atoms. The Balaban J connectivity index is 2.08. The van der Waals surface area contributed by atoms with Crippen molar-refractivity contribution >= 4 is 17.5 Å². The van der Waals surface area contributed by atoms with Crippen LogP contribution in [0.15, 0.2) is 12.3 Å². The molecule has 0 aromatic carbocycles. The number of carboxylic acids is 1. The SMILES string of the molecule is CC1(CNc2ncc(N)cc2C(=O)O)CCOCC1. The summed E-state index contributed by atoms with van der Waals surface area (Å²) in [5, 5.41) is 12.3. The van der Waals surface area contributed by atoms with Crippen LogP contribution in [-0.4, -0.2) is 35.8 Å². The highest BCUT2D eigenvalue weighted by Gasteiger charge is 2.27. The molecule has 104 valence electrons. The zero-order valence-electron chi connectivity index (χ0n) is 11.0. The highest BCUT2D eigenvalue weighted by atomic mass is 16.5. The van der Waals surface area contributed by atoms with E-state index in [-0.39, 0.29) is 11.0 Å². The quantitative estimate of drug-likeness (QED) is 0.765. The number of hydrogen-bond acceptors (Lipinski definition) is 5. The van der Waals surface area contributed by atoms with Crippen molar-refractivity contribution in [3.05, 3.63) is 17.8 Å². The van der Waals surface area contributed by atoms with Crippen LogP contribution >= 0.6 is 0 Å². The number of hydrogen-bond donors (Lipinski definition) is 3. The number of carboxylic acid groups (broad SMARTS) is 1. The maximum atomic E-state index is 11.1. The Bertz CT molecular complexity index is 470. The number of rotatable bonds is 4. The van der Waals surface area contributed by atoms with Crippen LogP contribution in [0.3, 0.4) is 0 Å². The van der Waals surface area contributed by atoms with Crippen molar-refractivity contribution in [2.24, 2.45) is 5.41 Å². The summed E-state index contributed by atoms with van der Waals surface area (Å²) in [6.07, 6.45) is 3.37. The van der Waals surface area contributed by atoms with E-state index in [1.165, 1.54) is 12.3 Å². The van der Waals surface area contributed by atoms with E-state index in [0.29, 0.717) is 18.1 Å². The molecular formula is C13H19N3O3. The molecule has 1 aliphatic heterocycles. The average Bonchev–Trinajstić information content (AvgIpc) is 2.38. The molecule has 0 atom stereocenters. The molecule has 0 radical (unpaired) electrons. The van der Waals surface area contributed by atoms with Gasteiger partial charge >= 0.3 is 5.97 Å². The van der Waals surface area contributed by atoms with Gasteiger partial charge in [-0.3, -0.25) is 0 Å². The summed E-state index contributed by atoms with van der Waals surface area (Å²) in [4.78, 5) is 15.2. The highest BCUT2D eigenvalue weighted by Crippen LogP contribution is 2.30. The molecule has 0 unspecified atom stereocenters. The van der Waals surface area contributed by atoms with Crippen LogP contribution in [0.2, 0.25) is 0 Å². The minimum atomic E-state index is -1.03. The fourth-order valence-electron chi connectivity index (χ4n) is 2.12. The number of nitrogens with zero attached hydrogens (tertiary/aromatic N) is 1. The second-order valence-electron chi connectivity index (χ2n) is 5.25. The lowest BCUT2D eigenvalue weighted by molar-refractivity contribution is 0.0299. The highest BCUT2D eigenvalue weighted by molar-refractivity contribution is 5.94. The monoisotopic (exact) mass is 265 g/mol. The van der Waals surface area contributed by atoms with Crippen molar-refractivity contribution in [1.29, 1.82) is 0 Å². The van der Waals surface area contributed by atoms with Crippen LogP contribution in [0, 0.1) is 5.41 Å². The Kier molecular flexibility index (Phi) is 3.90. The van der Waals surface area contributed by atoms with Gasteiger partial charge in [-0.25, -0.2) is 9.78 Å². The number of carbonyl (C=O) groups is 1. The molecule has 0 spiro atoms. The molecule has 2 rings (SSSR count). The summed E-state index contributed by atoms with van der Waals surface area (Å²) in [5.41, 5.74) is 6.12. The van der Waals surface area contributed by atoms with Gasteiger partial charge in [0.15, 0.2) is 0 Å². The number of ether oxygens (including phenoxy) is 1. The molecule has 6 heteroatoms. The van der Waals surface area contributed by atoms with Crippen molar-refractivity contribution in [2.75, 3.05) is 30.8 Å². The number of anilines is 2. The largest absolute Gasteiger partial charge is 0.478 e. The number of nitrogen functional groups attached to an aromatic ring is 1. The molecule has 2 heterocycles. The van der Waals surface area contributed by atoms with E-state index in [2.05, 4.69) is 17.2 Å². The van der Waals surface area contributed by atoms with Gasteiger partial charge in [0.2, 0.25) is 0 Å². The van der Waals surface area contributed by atoms with Crippen molar-refractivity contribution in [3.63, 3.8) is 0 Å². The van der Waals surface area contributed by atoms with Gasteiger partial charge in [-0.15, -0.1) is 0 Å². The second-order valence-corrected chi connectivity index (χ2v) is 5.25. The van der Waals surface area contributed by atoms with Crippen LogP contribution in [-0.2, 0) is 4.74 Å². The maximum Gasteiger partial charge on any atom is 0.339 e. The summed E-state index contributed by atoms with van der Waals surface area (Å²) in [7, 11) is 0. The Labute approximate surface area is 112 Å². The van der Waals surface area contributed by atoms with E-state index in [4.69, 9.17) is 15.6 Å². The van der Waals surface area contributed by atoms with E-state index < -0.39 is 5.97 Å². The third-order valence-electron chi connectivity index (χ3n) is 3.52. The van der Waals surface area contributed by atoms with Crippen LogP contribution in [0.1, 0.15) is 30.1 Å². The minimum absolute atomic E-state index is 0.107. The molecule has 0 amide bonds. The van der Waals surface area contributed by atoms with Crippen LogP contribution < -0.4 is 11.1 Å². The van der Waals surface area contributed by atoms with Crippen molar-refractivity contribution in [2.45, 2.75) is 19.8 Å². The van der Waals surface area contributed by atoms with Crippen molar-refractivity contribution in [1.82, 2.24) is 4.98 Å². The zero-order valence-corrected chi connectivity index (χ0v) is 11.0. The predicted octanol–water partition coefficient (Wildman–Crippen LogP) is 1.59. The number of aromatic nitrogens is 1. The second kappa shape index (κ2) is 5.44. The first kappa shape index (κ1) is 13.6. The first-order valence-corrected chi connectivity index (χ1v) is 6.31. The number of aromatic carboxylic acids is 1. The van der Waals surface area contributed by atoms with E-state index in [1.807, 2.05) is 0 Å². The van der Waals surface area contributed by atoms with E-state index in [0.717, 1.165) is 26.1 Å². The van der Waals surface area contributed by atoms with Gasteiger partial charge < -0.3 is 20.9 Å². The summed E-state index contributed by atoms with van der Waals surface area (Å²) in [6.45, 7) is 4.34. The number of pyridine rings is 1. The van der Waals surface area contributed by atoms with Gasteiger partial charge in [0.25, 0.3) is 0 Å². The zero-order chi connectivity index (χ0) is 13.9. The fourth-order valence-corrected chi connectivity index (χ4v) is 2.12. The van der Waals surface area contributed by atoms with E-state index >= 15 is 0 Å². The molecule has 1 aliphatic rings. The number of nitrogens with one attached hydrogen (secondary N) is 1. The summed E-state index contributed by atoms with van der Waals surface area (Å²) < 4.78 is 5.34. The Hall–Kier alpha value is -1.82. The molecule has 1 saturated heterocycles. The van der Waals surface area contributed by atoms with Gasteiger partial charge in [-0.2, -0.15) is 0 Å². The molecule has 6 nitrogen and oxygen atoms in total. The minimum Gasteiger partial charge on any atom is -0.478 e. The van der Waals surface area contributed by atoms with Gasteiger partial charge in [-0.1, -0.05) is 6.92 Å². The Morgan fingerprint density at radius 1 is 1.58 bits per heavy atom. The summed E-state index contributed by atoms with van der Waals surface area (Å²) >= 11 is 0. The van der Waals surface area contributed by atoms with Crippen molar-refractivity contribution in [3.8, 4) is 0 Å². The Morgan fingerprint density at radius 3 is 2.89 bits per heavy atom. The summed E-state index contributed by atoms with van der Waals surface area (Å²) in [6, 6.07) is 1.42. The molecule has 0 saturated carbocycles. The van der Waals surface area contributed by atoms with E-state index in [9.17, 15) is 4.79 Å². The third-order valence-corrected chi connectivity index (χ3v) is 3.52. The molecule has 0 aliphatic carbocycles. The van der Waals surface area contributed by atoms with Crippen molar-refractivity contribution < 1.29 is 14.6 Å². The standard InChI is InChI=1S/C13H19N3O3/c1-13(2-4-19-5-3-13)8-16-11-10(12(17)18)6-9(14)7-15-11/h6-7H,2-5,8,14H2,1H3,(H,15,16)(H,17,18). The molecule has 1 aromatic heterocycles. The molecule has 4 N–H and O–H groups in total. The fraction of sp³-hybridized carbons (Fsp3) is 0.538. The van der Waals surface area contributed by atoms with Crippen LogP contribution in [0.5, 0.6) is 0 Å². The van der Waals surface area contributed by atoms with Gasteiger partial charge in [0, 0.05) is 19.8 Å². The predicted molar refractivity (Wildman–Crippen MR) is 72.3 cm³/mol. The lowest BCUT2D eigenvalue weighted by Crippen LogP contribution is -2.33. The third kappa shape index (κ3) is 3.35. The lowest BCUT2D eigenvalue weighted by atomic mass is 9.82. The summed E-state index contributed by atoms with van der Waals surface area (Å²) in [5.74, 6) is -0.658. The molecule has 1 fully saturated rings. The normalized spacial score (nSPS) is 17.9. The number of nitrogens with two attached hydrogens (primary N) is 1. The van der Waals surface area contributed by atoms with Crippen LogP contribution in [0.25, 0.3) is 0 Å². The van der Waals surface area contributed by atoms with Gasteiger partial charge in [0.05, 0.1) is 11.9 Å². The Morgan fingerprint density at radius 2 is 2.26 bits per heavy atom. The van der Waals surface area contributed by atoms with E-state index in [1.54, 1.807) is 0 Å². The maximum absolute atomic E-state index is 11.1. The van der Waals surface area contributed by atoms with Gasteiger partial charge in [0.1, 0.15) is 11.4 Å². The smallest absolute Gasteiger partial charge is 0.339 e. The van der Waals surface area contributed by atoms with Crippen LogP contribution in [0.4, 0.5) is 11.5 Å². The average molecular weight is 265 g/mol. The van der Waals surface area contributed by atoms with Gasteiger partial charge in [-0.05, 0) is 24.3 Å². The first-order valence-electron chi connectivity index (χ1n) is 6.31. The topological polar surface area (TPSA) is 97.5 Å². The lowest BCUT2D eigenvalue weighted by Gasteiger charge is -2.33. The first-order chi connectivity index (χ1) is 9.00. The molecular weight excluding hydrogens is 246 g/mol.